The molecule has 1 aromatic carbocycles. The molecule has 1 aliphatic rings. The summed E-state index contributed by atoms with van der Waals surface area (Å²) in [5.74, 6) is 0.468. The van der Waals surface area contributed by atoms with Crippen LogP contribution in [0.25, 0.3) is 0 Å². The summed E-state index contributed by atoms with van der Waals surface area (Å²) in [6, 6.07) is 4.90. The Bertz CT molecular complexity index is 448. The molecule has 98 valence electrons. The average Bonchev–Trinajstić information content (AvgIpc) is 2.85. The fourth-order valence-corrected chi connectivity index (χ4v) is 2.32. The van der Waals surface area contributed by atoms with Crippen LogP contribution in [0, 0.1) is 0 Å². The summed E-state index contributed by atoms with van der Waals surface area (Å²) in [5, 5.41) is 9.24. The highest BCUT2D eigenvalue weighted by atomic mass is 16.5. The van der Waals surface area contributed by atoms with Crippen molar-refractivity contribution in [2.45, 2.75) is 18.9 Å². The second-order valence-electron chi connectivity index (χ2n) is 4.47. The number of nitrogen functional groups attached to an aromatic ring is 1. The van der Waals surface area contributed by atoms with Crippen LogP contribution in [0.1, 0.15) is 23.2 Å². The zero-order chi connectivity index (χ0) is 13.1. The SMILES string of the molecule is COc1cc(N)cc(C(=O)N2CCCC2CO)c1. The van der Waals surface area contributed by atoms with Crippen LogP contribution in [-0.2, 0) is 0 Å². The number of aliphatic hydroxyl groups is 1. The number of amides is 1. The standard InChI is InChI=1S/C13H18N2O3/c1-18-12-6-9(5-10(14)7-12)13(17)15-4-2-3-11(15)8-16/h5-7,11,16H,2-4,8,14H2,1H3. The second-order valence-corrected chi connectivity index (χ2v) is 4.47. The molecule has 0 saturated carbocycles. The van der Waals surface area contributed by atoms with Crippen LogP contribution in [0.4, 0.5) is 5.69 Å². The molecule has 5 heteroatoms. The Balaban J connectivity index is 2.25. The second kappa shape index (κ2) is 5.27. The third-order valence-corrected chi connectivity index (χ3v) is 3.26. The number of nitrogens with zero attached hydrogens (tertiary/aromatic N) is 1. The zero-order valence-corrected chi connectivity index (χ0v) is 10.4. The maximum absolute atomic E-state index is 12.3. The van der Waals surface area contributed by atoms with Crippen LogP contribution >= 0.6 is 0 Å². The van der Waals surface area contributed by atoms with Gasteiger partial charge >= 0.3 is 0 Å². The molecule has 1 heterocycles. The molecule has 1 unspecified atom stereocenters. The molecular formula is C13H18N2O3. The Morgan fingerprint density at radius 1 is 1.56 bits per heavy atom. The summed E-state index contributed by atoms with van der Waals surface area (Å²) in [4.78, 5) is 14.0. The van der Waals surface area contributed by atoms with Crippen molar-refractivity contribution in [3.05, 3.63) is 23.8 Å². The molecule has 3 N–H and O–H groups in total. The van der Waals surface area contributed by atoms with Gasteiger partial charge in [-0.05, 0) is 25.0 Å². The molecule has 2 rings (SSSR count). The smallest absolute Gasteiger partial charge is 0.254 e. The van der Waals surface area contributed by atoms with Gasteiger partial charge in [-0.15, -0.1) is 0 Å². The molecule has 1 saturated heterocycles. The predicted octanol–water partition coefficient (Wildman–Crippen LogP) is 0.874. The number of carbonyl (C=O) groups excluding carboxylic acids is 1. The molecule has 0 radical (unpaired) electrons. The predicted molar refractivity (Wildman–Crippen MR) is 68.6 cm³/mol. The van der Waals surface area contributed by atoms with Crippen LogP contribution in [0.3, 0.4) is 0 Å². The summed E-state index contributed by atoms with van der Waals surface area (Å²) >= 11 is 0. The van der Waals surface area contributed by atoms with Gasteiger partial charge in [-0.1, -0.05) is 0 Å². The monoisotopic (exact) mass is 250 g/mol. The maximum Gasteiger partial charge on any atom is 0.254 e. The molecule has 1 atom stereocenters. The maximum atomic E-state index is 12.3. The van der Waals surface area contributed by atoms with Crippen LogP contribution in [0.5, 0.6) is 5.75 Å². The number of anilines is 1. The van der Waals surface area contributed by atoms with E-state index in [1.54, 1.807) is 23.1 Å². The van der Waals surface area contributed by atoms with Crippen molar-refractivity contribution in [1.29, 1.82) is 0 Å². The highest BCUT2D eigenvalue weighted by molar-refractivity contribution is 5.96. The molecule has 1 aromatic rings. The lowest BCUT2D eigenvalue weighted by Crippen LogP contribution is -2.37. The molecule has 0 spiro atoms. The van der Waals surface area contributed by atoms with Gasteiger partial charge in [-0.25, -0.2) is 0 Å². The molecule has 18 heavy (non-hydrogen) atoms. The number of likely N-dealkylation sites (tertiary alicyclic amines) is 1. The molecule has 5 nitrogen and oxygen atoms in total. The van der Waals surface area contributed by atoms with Gasteiger partial charge in [0.1, 0.15) is 5.75 Å². The van der Waals surface area contributed by atoms with E-state index in [1.807, 2.05) is 0 Å². The van der Waals surface area contributed by atoms with Crippen molar-refractivity contribution in [2.75, 3.05) is 26.0 Å². The van der Waals surface area contributed by atoms with Crippen molar-refractivity contribution in [3.63, 3.8) is 0 Å². The topological polar surface area (TPSA) is 75.8 Å². The number of ether oxygens (including phenoxy) is 1. The minimum atomic E-state index is -0.0999. The van der Waals surface area contributed by atoms with Crippen molar-refractivity contribution in [1.82, 2.24) is 4.90 Å². The molecule has 0 aliphatic carbocycles. The largest absolute Gasteiger partial charge is 0.497 e. The van der Waals surface area contributed by atoms with Gasteiger partial charge < -0.3 is 20.5 Å². The van der Waals surface area contributed by atoms with Crippen LogP contribution in [0.15, 0.2) is 18.2 Å². The number of hydrogen-bond donors (Lipinski definition) is 2. The van der Waals surface area contributed by atoms with Gasteiger partial charge in [0.05, 0.1) is 19.8 Å². The van der Waals surface area contributed by atoms with Gasteiger partial charge in [-0.2, -0.15) is 0 Å². The lowest BCUT2D eigenvalue weighted by atomic mass is 10.1. The number of rotatable bonds is 3. The van der Waals surface area contributed by atoms with E-state index in [0.717, 1.165) is 12.8 Å². The lowest BCUT2D eigenvalue weighted by molar-refractivity contribution is 0.0677. The highest BCUT2D eigenvalue weighted by Gasteiger charge is 2.29. The first kappa shape index (κ1) is 12.7. The summed E-state index contributed by atoms with van der Waals surface area (Å²) in [5.41, 5.74) is 6.74. The third-order valence-electron chi connectivity index (χ3n) is 3.26. The van der Waals surface area contributed by atoms with E-state index in [-0.39, 0.29) is 18.6 Å². The van der Waals surface area contributed by atoms with Gasteiger partial charge in [0, 0.05) is 23.9 Å². The third kappa shape index (κ3) is 2.41. The number of methoxy groups -OCH3 is 1. The van der Waals surface area contributed by atoms with Gasteiger partial charge in [0.15, 0.2) is 0 Å². The van der Waals surface area contributed by atoms with Crippen molar-refractivity contribution in [3.8, 4) is 5.75 Å². The molecule has 0 bridgehead atoms. The van der Waals surface area contributed by atoms with E-state index in [4.69, 9.17) is 10.5 Å². The normalized spacial score (nSPS) is 19.0. The summed E-state index contributed by atoms with van der Waals surface area (Å²) in [6.07, 6.45) is 1.78. The number of nitrogens with two attached hydrogens (primary N) is 1. The lowest BCUT2D eigenvalue weighted by Gasteiger charge is -2.23. The number of benzene rings is 1. The first-order valence-electron chi connectivity index (χ1n) is 6.02. The molecular weight excluding hydrogens is 232 g/mol. The Labute approximate surface area is 106 Å². The Morgan fingerprint density at radius 3 is 3.00 bits per heavy atom. The van der Waals surface area contributed by atoms with E-state index in [0.29, 0.717) is 23.5 Å². The molecule has 1 fully saturated rings. The first-order chi connectivity index (χ1) is 8.65. The number of carbonyl (C=O) groups is 1. The average molecular weight is 250 g/mol. The minimum Gasteiger partial charge on any atom is -0.497 e. The van der Waals surface area contributed by atoms with E-state index >= 15 is 0 Å². The summed E-state index contributed by atoms with van der Waals surface area (Å²) < 4.78 is 5.10. The van der Waals surface area contributed by atoms with Crippen LogP contribution in [-0.4, -0.2) is 42.2 Å². The summed E-state index contributed by atoms with van der Waals surface area (Å²) in [7, 11) is 1.54. The minimum absolute atomic E-state index is 0.00515. The number of aliphatic hydroxyl groups excluding tert-OH is 1. The van der Waals surface area contributed by atoms with Crippen LogP contribution in [0.2, 0.25) is 0 Å². The van der Waals surface area contributed by atoms with Gasteiger partial charge in [-0.3, -0.25) is 4.79 Å². The van der Waals surface area contributed by atoms with E-state index < -0.39 is 0 Å². The van der Waals surface area contributed by atoms with E-state index in [1.165, 1.54) is 7.11 Å². The fourth-order valence-electron chi connectivity index (χ4n) is 2.32. The zero-order valence-electron chi connectivity index (χ0n) is 10.4. The highest BCUT2D eigenvalue weighted by Crippen LogP contribution is 2.23. The molecule has 1 aliphatic heterocycles. The Kier molecular flexibility index (Phi) is 3.72. The van der Waals surface area contributed by atoms with Crippen molar-refractivity contribution in [2.24, 2.45) is 0 Å². The van der Waals surface area contributed by atoms with Crippen LogP contribution < -0.4 is 10.5 Å². The van der Waals surface area contributed by atoms with Gasteiger partial charge in [0.2, 0.25) is 0 Å². The molecule has 1 amide bonds. The summed E-state index contributed by atoms with van der Waals surface area (Å²) in [6.45, 7) is 0.687. The Hall–Kier alpha value is -1.75. The quantitative estimate of drug-likeness (QED) is 0.781. The van der Waals surface area contributed by atoms with E-state index in [9.17, 15) is 9.90 Å². The van der Waals surface area contributed by atoms with Crippen molar-refractivity contribution < 1.29 is 14.6 Å². The number of hydrogen-bond acceptors (Lipinski definition) is 4. The van der Waals surface area contributed by atoms with E-state index in [2.05, 4.69) is 0 Å². The molecule has 0 aromatic heterocycles. The van der Waals surface area contributed by atoms with Crippen molar-refractivity contribution >= 4 is 11.6 Å². The fraction of sp³-hybridized carbons (Fsp3) is 0.462. The van der Waals surface area contributed by atoms with Gasteiger partial charge in [0.25, 0.3) is 5.91 Å². The first-order valence-corrected chi connectivity index (χ1v) is 6.02. The Morgan fingerprint density at radius 2 is 2.33 bits per heavy atom.